The summed E-state index contributed by atoms with van der Waals surface area (Å²) in [5, 5.41) is 3.92. The third kappa shape index (κ3) is 10.9. The third-order valence-corrected chi connectivity index (χ3v) is 4.34. The predicted molar refractivity (Wildman–Crippen MR) is 114 cm³/mol. The van der Waals surface area contributed by atoms with E-state index in [0.717, 1.165) is 73.6 Å². The van der Waals surface area contributed by atoms with Gasteiger partial charge in [-0.05, 0) is 69.2 Å². The van der Waals surface area contributed by atoms with Gasteiger partial charge in [0.05, 0.1) is 12.3 Å². The second-order valence-electron chi connectivity index (χ2n) is 7.07. The van der Waals surface area contributed by atoms with E-state index in [4.69, 9.17) is 14.3 Å². The molecular formula is C23H35F2NO3. The summed E-state index contributed by atoms with van der Waals surface area (Å²) in [4.78, 5) is 5.19. The maximum Gasteiger partial charge on any atom is 0.269 e. The van der Waals surface area contributed by atoms with Crippen LogP contribution < -0.4 is 9.47 Å². The molecule has 0 bridgehead atoms. The van der Waals surface area contributed by atoms with Crippen LogP contribution in [0.25, 0.3) is 0 Å². The Bertz CT molecular complexity index is 627. The van der Waals surface area contributed by atoms with Crippen molar-refractivity contribution in [2.45, 2.75) is 72.6 Å². The Hall–Kier alpha value is -2.11. The summed E-state index contributed by atoms with van der Waals surface area (Å²) in [6.45, 7) is 9.15. The largest absolute Gasteiger partial charge is 0.493 e. The maximum absolute atomic E-state index is 12.2. The molecule has 1 rings (SSSR count). The van der Waals surface area contributed by atoms with Gasteiger partial charge in [0.25, 0.3) is 6.08 Å². The zero-order valence-corrected chi connectivity index (χ0v) is 18.2. The van der Waals surface area contributed by atoms with E-state index in [0.29, 0.717) is 19.0 Å². The molecule has 0 aliphatic rings. The highest BCUT2D eigenvalue weighted by atomic mass is 19.3. The average molecular weight is 412 g/mol. The second-order valence-corrected chi connectivity index (χ2v) is 7.07. The molecule has 0 heterocycles. The Labute approximate surface area is 173 Å². The smallest absolute Gasteiger partial charge is 0.269 e. The summed E-state index contributed by atoms with van der Waals surface area (Å²) in [5.74, 6) is 1.52. The molecule has 0 saturated carbocycles. The number of hydrogen-bond acceptors (Lipinski definition) is 4. The van der Waals surface area contributed by atoms with Crippen LogP contribution in [0, 0.1) is 0 Å². The third-order valence-electron chi connectivity index (χ3n) is 4.34. The topological polar surface area (TPSA) is 40.0 Å². The van der Waals surface area contributed by atoms with E-state index < -0.39 is 6.08 Å². The first-order valence-corrected chi connectivity index (χ1v) is 10.5. The number of hydrogen-bond donors (Lipinski definition) is 0. The molecule has 0 radical (unpaired) electrons. The van der Waals surface area contributed by atoms with E-state index in [1.165, 1.54) is 0 Å². The van der Waals surface area contributed by atoms with Gasteiger partial charge in [-0.1, -0.05) is 31.8 Å². The van der Waals surface area contributed by atoms with E-state index in [9.17, 15) is 8.78 Å². The fourth-order valence-electron chi connectivity index (χ4n) is 2.87. The fraction of sp³-hybridized carbons (Fsp3) is 0.609. The number of nitrogens with zero attached hydrogens (tertiary/aromatic N) is 1. The summed E-state index contributed by atoms with van der Waals surface area (Å²) >= 11 is 0. The van der Waals surface area contributed by atoms with Crippen LogP contribution in [0.5, 0.6) is 11.5 Å². The molecule has 164 valence electrons. The average Bonchev–Trinajstić information content (AvgIpc) is 2.68. The van der Waals surface area contributed by atoms with Gasteiger partial charge in [-0.15, -0.1) is 0 Å². The number of halogens is 2. The molecule has 0 saturated heterocycles. The molecule has 6 heteroatoms. The lowest BCUT2D eigenvalue weighted by Gasteiger charge is -2.17. The Balaban J connectivity index is 2.42. The normalized spacial score (nSPS) is 10.4. The van der Waals surface area contributed by atoms with E-state index in [1.54, 1.807) is 0 Å². The van der Waals surface area contributed by atoms with Crippen molar-refractivity contribution in [3.05, 3.63) is 35.4 Å². The molecule has 0 N–H and O–H groups in total. The van der Waals surface area contributed by atoms with Crippen LogP contribution in [-0.4, -0.2) is 25.5 Å². The Morgan fingerprint density at radius 1 is 0.897 bits per heavy atom. The van der Waals surface area contributed by atoms with Crippen LogP contribution in [0.2, 0.25) is 0 Å². The minimum atomic E-state index is -1.73. The van der Waals surface area contributed by atoms with Crippen molar-refractivity contribution in [1.29, 1.82) is 0 Å². The lowest BCUT2D eigenvalue weighted by molar-refractivity contribution is 0.139. The fourth-order valence-corrected chi connectivity index (χ4v) is 2.87. The van der Waals surface area contributed by atoms with E-state index >= 15 is 0 Å². The number of ether oxygens (including phenoxy) is 2. The molecular weight excluding hydrogens is 376 g/mol. The van der Waals surface area contributed by atoms with Gasteiger partial charge < -0.3 is 14.3 Å². The van der Waals surface area contributed by atoms with Crippen LogP contribution in [0.3, 0.4) is 0 Å². The van der Waals surface area contributed by atoms with Gasteiger partial charge in [0, 0.05) is 6.08 Å². The van der Waals surface area contributed by atoms with E-state index in [-0.39, 0.29) is 6.61 Å². The number of unbranched alkanes of at least 4 members (excludes halogenated alkanes) is 4. The molecule has 0 aliphatic heterocycles. The summed E-state index contributed by atoms with van der Waals surface area (Å²) in [6.07, 6.45) is 6.03. The molecule has 0 aromatic heterocycles. The highest BCUT2D eigenvalue weighted by Gasteiger charge is 2.11. The van der Waals surface area contributed by atoms with Gasteiger partial charge in [-0.3, -0.25) is 0 Å². The van der Waals surface area contributed by atoms with E-state index in [1.807, 2.05) is 26.0 Å². The van der Waals surface area contributed by atoms with Gasteiger partial charge in [0.15, 0.2) is 0 Å². The summed E-state index contributed by atoms with van der Waals surface area (Å²) in [5.41, 5.74) is 3.03. The van der Waals surface area contributed by atoms with Crippen molar-refractivity contribution < 1.29 is 23.1 Å². The van der Waals surface area contributed by atoms with Crippen molar-refractivity contribution in [1.82, 2.24) is 0 Å². The second kappa shape index (κ2) is 14.8. The molecule has 0 spiro atoms. The number of aryl methyl sites for hydroxylation is 2. The zero-order valence-electron chi connectivity index (χ0n) is 18.2. The molecule has 1 aromatic rings. The quantitative estimate of drug-likeness (QED) is 0.183. The van der Waals surface area contributed by atoms with Crippen LogP contribution in [-0.2, 0) is 17.7 Å². The number of oxime groups is 1. The van der Waals surface area contributed by atoms with Crippen molar-refractivity contribution in [3.8, 4) is 11.5 Å². The Morgan fingerprint density at radius 2 is 1.48 bits per heavy atom. The molecule has 0 atom stereocenters. The van der Waals surface area contributed by atoms with Crippen LogP contribution in [0.15, 0.2) is 29.4 Å². The van der Waals surface area contributed by atoms with Crippen LogP contribution in [0.4, 0.5) is 8.78 Å². The molecule has 0 unspecified atom stereocenters. The number of benzene rings is 1. The monoisotopic (exact) mass is 411 g/mol. The molecule has 1 aromatic carbocycles. The minimum Gasteiger partial charge on any atom is -0.493 e. The maximum atomic E-state index is 12.2. The standard InChI is InChI=1S/C23H35F2NO3/c1-5-19-16-21(27-15-12-22(24)25)17-20(6-2)23(19)28-13-10-8-7-9-11-14-29-26-18(3)4/h12,16-17H,5-11,13-15H2,1-4H3. The van der Waals surface area contributed by atoms with Gasteiger partial charge >= 0.3 is 0 Å². The van der Waals surface area contributed by atoms with Gasteiger partial charge in [-0.25, -0.2) is 0 Å². The molecule has 29 heavy (non-hydrogen) atoms. The Morgan fingerprint density at radius 3 is 2.03 bits per heavy atom. The molecule has 4 nitrogen and oxygen atoms in total. The predicted octanol–water partition coefficient (Wildman–Crippen LogP) is 6.71. The van der Waals surface area contributed by atoms with Crippen molar-refractivity contribution in [2.75, 3.05) is 19.8 Å². The van der Waals surface area contributed by atoms with Crippen molar-refractivity contribution in [2.24, 2.45) is 5.16 Å². The highest BCUT2D eigenvalue weighted by Crippen LogP contribution is 2.31. The highest BCUT2D eigenvalue weighted by molar-refractivity contribution is 5.78. The lowest BCUT2D eigenvalue weighted by Crippen LogP contribution is -2.05. The summed E-state index contributed by atoms with van der Waals surface area (Å²) in [6, 6.07) is 3.78. The number of rotatable bonds is 15. The lowest BCUT2D eigenvalue weighted by atomic mass is 10.0. The SMILES string of the molecule is CCc1cc(OCC=C(F)F)cc(CC)c1OCCCCCCCON=C(C)C. The van der Waals surface area contributed by atoms with Gasteiger partial charge in [0.1, 0.15) is 24.7 Å². The zero-order chi connectivity index (χ0) is 21.5. The van der Waals surface area contributed by atoms with Crippen molar-refractivity contribution >= 4 is 5.71 Å². The molecule has 0 fully saturated rings. The molecule has 0 aliphatic carbocycles. The molecule has 0 amide bonds. The van der Waals surface area contributed by atoms with Gasteiger partial charge in [-0.2, -0.15) is 8.78 Å². The first kappa shape index (κ1) is 24.9. The summed E-state index contributed by atoms with van der Waals surface area (Å²) < 4.78 is 35.9. The van der Waals surface area contributed by atoms with E-state index in [2.05, 4.69) is 19.0 Å². The first-order chi connectivity index (χ1) is 14.0. The van der Waals surface area contributed by atoms with Gasteiger partial charge in [0.2, 0.25) is 0 Å². The summed E-state index contributed by atoms with van der Waals surface area (Å²) in [7, 11) is 0. The Kier molecular flexibility index (Phi) is 12.7. The first-order valence-electron chi connectivity index (χ1n) is 10.5. The van der Waals surface area contributed by atoms with Crippen LogP contribution in [0.1, 0.15) is 70.9 Å². The minimum absolute atomic E-state index is 0.135. The van der Waals surface area contributed by atoms with Crippen LogP contribution >= 0.6 is 0 Å². The van der Waals surface area contributed by atoms with Crippen molar-refractivity contribution in [3.63, 3.8) is 0 Å².